The number of benzene rings is 1. The number of carbonyl (C=O) groups is 1. The Hall–Kier alpha value is -1.75. The van der Waals surface area contributed by atoms with E-state index in [1.54, 1.807) is 25.3 Å². The lowest BCUT2D eigenvalue weighted by Crippen LogP contribution is -2.17. The van der Waals surface area contributed by atoms with Gasteiger partial charge in [-0.1, -0.05) is 57.8 Å². The summed E-state index contributed by atoms with van der Waals surface area (Å²) in [6, 6.07) is 4.99. The summed E-state index contributed by atoms with van der Waals surface area (Å²) in [7, 11) is 3.08. The van der Waals surface area contributed by atoms with Crippen LogP contribution in [0.5, 0.6) is 11.5 Å². The number of ether oxygens (including phenoxy) is 2. The van der Waals surface area contributed by atoms with Crippen molar-refractivity contribution in [1.29, 1.82) is 0 Å². The predicted octanol–water partition coefficient (Wildman–Crippen LogP) is 5.47. The van der Waals surface area contributed by atoms with E-state index in [0.717, 1.165) is 25.7 Å². The Balaban J connectivity index is 1.88. The van der Waals surface area contributed by atoms with Crippen molar-refractivity contribution < 1.29 is 24.0 Å². The van der Waals surface area contributed by atoms with Crippen molar-refractivity contribution in [3.8, 4) is 11.5 Å². The van der Waals surface area contributed by atoms with Gasteiger partial charge in [-0.2, -0.15) is 4.89 Å². The van der Waals surface area contributed by atoms with E-state index in [9.17, 15) is 4.79 Å². The van der Waals surface area contributed by atoms with Crippen molar-refractivity contribution in [2.24, 2.45) is 0 Å². The topological polar surface area (TPSA) is 54.0 Å². The normalized spacial score (nSPS) is 17.6. The lowest BCUT2D eigenvalue weighted by atomic mass is 9.99. The maximum absolute atomic E-state index is 12.4. The van der Waals surface area contributed by atoms with Crippen molar-refractivity contribution in [3.63, 3.8) is 0 Å². The zero-order chi connectivity index (χ0) is 18.6. The molecule has 26 heavy (non-hydrogen) atoms. The molecule has 0 unspecified atom stereocenters. The molecule has 1 aromatic rings. The average Bonchev–Trinajstić information content (AvgIpc) is 2.66. The summed E-state index contributed by atoms with van der Waals surface area (Å²) >= 11 is 0. The van der Waals surface area contributed by atoms with Crippen LogP contribution in [0.1, 0.15) is 81.0 Å². The van der Waals surface area contributed by atoms with Gasteiger partial charge >= 0.3 is 5.97 Å². The van der Waals surface area contributed by atoms with Crippen molar-refractivity contribution in [1.82, 2.24) is 0 Å². The van der Waals surface area contributed by atoms with Gasteiger partial charge in [0.15, 0.2) is 0 Å². The summed E-state index contributed by atoms with van der Waals surface area (Å²) in [5.74, 6) is 0.505. The molecule has 0 N–H and O–H groups in total. The quantitative estimate of drug-likeness (QED) is 0.512. The van der Waals surface area contributed by atoms with Crippen LogP contribution in [0.25, 0.3) is 0 Å². The number of hydrogen-bond acceptors (Lipinski definition) is 5. The number of methoxy groups -OCH3 is 2. The molecule has 1 fully saturated rings. The third-order valence-corrected chi connectivity index (χ3v) is 4.94. The van der Waals surface area contributed by atoms with Gasteiger partial charge in [-0.15, -0.1) is 0 Å². The van der Waals surface area contributed by atoms with Gasteiger partial charge in [-0.3, -0.25) is 4.89 Å². The third-order valence-electron chi connectivity index (χ3n) is 4.94. The Labute approximate surface area is 156 Å². The first-order chi connectivity index (χ1) is 12.7. The van der Waals surface area contributed by atoms with E-state index in [4.69, 9.17) is 19.2 Å². The molecule has 0 amide bonds. The van der Waals surface area contributed by atoms with E-state index in [1.165, 1.54) is 52.1 Å². The van der Waals surface area contributed by atoms with Crippen molar-refractivity contribution in [2.75, 3.05) is 14.2 Å². The molecule has 0 aromatic heterocycles. The van der Waals surface area contributed by atoms with Gasteiger partial charge in [0, 0.05) is 6.07 Å². The fourth-order valence-corrected chi connectivity index (χ4v) is 3.35. The minimum atomic E-state index is -0.532. The van der Waals surface area contributed by atoms with E-state index in [2.05, 4.69) is 0 Å². The summed E-state index contributed by atoms with van der Waals surface area (Å²) < 4.78 is 10.4. The van der Waals surface area contributed by atoms with Crippen LogP contribution in [0.2, 0.25) is 0 Å². The highest BCUT2D eigenvalue weighted by atomic mass is 17.2. The van der Waals surface area contributed by atoms with Crippen LogP contribution < -0.4 is 9.47 Å². The number of hydrogen-bond donors (Lipinski definition) is 0. The van der Waals surface area contributed by atoms with E-state index in [-0.39, 0.29) is 6.10 Å². The summed E-state index contributed by atoms with van der Waals surface area (Å²) in [6.07, 6.45) is 13.1. The van der Waals surface area contributed by atoms with Gasteiger partial charge in [-0.25, -0.2) is 4.79 Å². The van der Waals surface area contributed by atoms with Gasteiger partial charge in [0.1, 0.15) is 23.2 Å². The zero-order valence-corrected chi connectivity index (χ0v) is 16.1. The molecule has 1 saturated carbocycles. The van der Waals surface area contributed by atoms with Crippen LogP contribution >= 0.6 is 0 Å². The van der Waals surface area contributed by atoms with Crippen LogP contribution in [-0.4, -0.2) is 26.3 Å². The van der Waals surface area contributed by atoms with Gasteiger partial charge < -0.3 is 9.47 Å². The van der Waals surface area contributed by atoms with Gasteiger partial charge in [-0.05, 0) is 25.0 Å². The molecule has 2 rings (SSSR count). The SMILES string of the molecule is COc1ccc(C(=O)OOC2CCCCCCCCCCC2)c(OC)c1. The first-order valence-electron chi connectivity index (χ1n) is 9.84. The van der Waals surface area contributed by atoms with Crippen LogP contribution in [0.4, 0.5) is 0 Å². The van der Waals surface area contributed by atoms with Crippen molar-refractivity contribution in [3.05, 3.63) is 23.8 Å². The molecule has 0 saturated heterocycles. The molecule has 5 heteroatoms. The second kappa shape index (κ2) is 11.8. The minimum Gasteiger partial charge on any atom is -0.497 e. The summed E-state index contributed by atoms with van der Waals surface area (Å²) in [4.78, 5) is 23.0. The summed E-state index contributed by atoms with van der Waals surface area (Å²) in [5.41, 5.74) is 0.335. The van der Waals surface area contributed by atoms with Crippen LogP contribution in [-0.2, 0) is 9.78 Å². The third kappa shape index (κ3) is 6.87. The molecule has 0 bridgehead atoms. The maximum Gasteiger partial charge on any atom is 0.376 e. The molecule has 1 aliphatic carbocycles. The molecule has 146 valence electrons. The maximum atomic E-state index is 12.4. The largest absolute Gasteiger partial charge is 0.497 e. The Bertz CT molecular complexity index is 531. The van der Waals surface area contributed by atoms with E-state index < -0.39 is 5.97 Å². The lowest BCUT2D eigenvalue weighted by molar-refractivity contribution is -0.277. The van der Waals surface area contributed by atoms with Gasteiger partial charge in [0.2, 0.25) is 0 Å². The summed E-state index contributed by atoms with van der Waals surface area (Å²) in [6.45, 7) is 0. The molecule has 0 heterocycles. The van der Waals surface area contributed by atoms with Crippen molar-refractivity contribution in [2.45, 2.75) is 76.7 Å². The van der Waals surface area contributed by atoms with Gasteiger partial charge in [0.05, 0.1) is 14.2 Å². The Morgan fingerprint density at radius 2 is 1.42 bits per heavy atom. The highest BCUT2D eigenvalue weighted by molar-refractivity contribution is 5.92. The van der Waals surface area contributed by atoms with E-state index >= 15 is 0 Å². The molecule has 0 aliphatic heterocycles. The molecular formula is C21H32O5. The second-order valence-corrected chi connectivity index (χ2v) is 6.91. The molecule has 5 nitrogen and oxygen atoms in total. The zero-order valence-electron chi connectivity index (χ0n) is 16.1. The van der Waals surface area contributed by atoms with Crippen molar-refractivity contribution >= 4 is 5.97 Å². The smallest absolute Gasteiger partial charge is 0.376 e. The molecule has 1 aliphatic rings. The van der Waals surface area contributed by atoms with Gasteiger partial charge in [0.25, 0.3) is 0 Å². The van der Waals surface area contributed by atoms with E-state index in [1.807, 2.05) is 0 Å². The Morgan fingerprint density at radius 1 is 0.846 bits per heavy atom. The van der Waals surface area contributed by atoms with Crippen LogP contribution in [0, 0.1) is 0 Å². The first kappa shape index (κ1) is 20.6. The second-order valence-electron chi connectivity index (χ2n) is 6.91. The molecule has 0 radical (unpaired) electrons. The Kier molecular flexibility index (Phi) is 9.32. The highest BCUT2D eigenvalue weighted by Gasteiger charge is 2.19. The minimum absolute atomic E-state index is 0.0254. The molecular weight excluding hydrogens is 332 g/mol. The monoisotopic (exact) mass is 364 g/mol. The fourth-order valence-electron chi connectivity index (χ4n) is 3.35. The average molecular weight is 364 g/mol. The summed E-state index contributed by atoms with van der Waals surface area (Å²) in [5, 5.41) is 0. The number of rotatable bonds is 5. The molecule has 1 aromatic carbocycles. The lowest BCUT2D eigenvalue weighted by Gasteiger charge is -2.17. The number of carbonyl (C=O) groups excluding carboxylic acids is 1. The van der Waals surface area contributed by atoms with Crippen LogP contribution in [0.15, 0.2) is 18.2 Å². The molecule has 0 spiro atoms. The standard InChI is InChI=1S/C21H32O5/c1-23-18-14-15-19(20(16-18)24-2)21(22)26-25-17-12-10-8-6-4-3-5-7-9-11-13-17/h14-17H,3-13H2,1-2H3. The van der Waals surface area contributed by atoms with E-state index in [0.29, 0.717) is 17.1 Å². The predicted molar refractivity (Wildman–Crippen MR) is 101 cm³/mol. The molecule has 0 atom stereocenters. The highest BCUT2D eigenvalue weighted by Crippen LogP contribution is 2.26. The van der Waals surface area contributed by atoms with Crippen LogP contribution in [0.3, 0.4) is 0 Å². The first-order valence-corrected chi connectivity index (χ1v) is 9.84. The fraction of sp³-hybridized carbons (Fsp3) is 0.667. The Morgan fingerprint density at radius 3 is 1.96 bits per heavy atom.